The Morgan fingerprint density at radius 2 is 1.65 bits per heavy atom. The lowest BCUT2D eigenvalue weighted by Crippen LogP contribution is -2.27. The Labute approximate surface area is 281 Å². The van der Waals surface area contributed by atoms with Crippen LogP contribution < -0.4 is 10.2 Å². The number of benzene rings is 2. The van der Waals surface area contributed by atoms with E-state index in [4.69, 9.17) is 27.8 Å². The molecule has 242 valence electrons. The van der Waals surface area contributed by atoms with Crippen molar-refractivity contribution in [2.24, 2.45) is 0 Å². The average molecular weight is 683 g/mol. The van der Waals surface area contributed by atoms with Gasteiger partial charge in [0.25, 0.3) is 10.1 Å². The molecule has 1 aromatic heterocycles. The second-order valence-corrected chi connectivity index (χ2v) is 14.8. The van der Waals surface area contributed by atoms with E-state index in [0.29, 0.717) is 31.9 Å². The molecule has 0 spiro atoms. The van der Waals surface area contributed by atoms with Gasteiger partial charge in [-0.15, -0.1) is 0 Å². The zero-order valence-electron chi connectivity index (χ0n) is 26.6. The van der Waals surface area contributed by atoms with Crippen LogP contribution in [0.4, 0.5) is 17.3 Å². The van der Waals surface area contributed by atoms with Crippen molar-refractivity contribution < 1.29 is 17.5 Å². The molecule has 0 fully saturated rings. The van der Waals surface area contributed by atoms with E-state index in [9.17, 15) is 8.42 Å². The fraction of sp³-hybridized carbons (Fsp3) is 0.353. The van der Waals surface area contributed by atoms with E-state index in [1.165, 1.54) is 16.8 Å². The van der Waals surface area contributed by atoms with Gasteiger partial charge in [-0.1, -0.05) is 56.3 Å². The van der Waals surface area contributed by atoms with Gasteiger partial charge in [0.15, 0.2) is 5.71 Å². The van der Waals surface area contributed by atoms with Crippen LogP contribution in [0.5, 0.6) is 0 Å². The van der Waals surface area contributed by atoms with Gasteiger partial charge >= 0.3 is 0 Å². The average Bonchev–Trinajstić information content (AvgIpc) is 3.31. The van der Waals surface area contributed by atoms with Crippen molar-refractivity contribution in [1.29, 1.82) is 0 Å². The number of nitrogens with one attached hydrogen (secondary N) is 1. The van der Waals surface area contributed by atoms with Gasteiger partial charge in [-0.05, 0) is 79.2 Å². The lowest BCUT2D eigenvalue weighted by molar-refractivity contribution is -0.401. The van der Waals surface area contributed by atoms with Gasteiger partial charge in [0.1, 0.15) is 7.05 Å². The number of para-hydroxylation sites is 1. The Hall–Kier alpha value is -3.57. The van der Waals surface area contributed by atoms with Crippen LogP contribution in [-0.4, -0.2) is 57.6 Å². The van der Waals surface area contributed by atoms with E-state index in [2.05, 4.69) is 125 Å². The topological polar surface area (TPSA) is 111 Å². The quantitative estimate of drug-likeness (QED) is 0.0942. The highest BCUT2D eigenvalue weighted by Crippen LogP contribution is 2.47. The van der Waals surface area contributed by atoms with Crippen LogP contribution in [0.15, 0.2) is 78.5 Å². The molecule has 2 N–H and O–H groups in total. The number of hydrogen-bond donors (Lipinski definition) is 2. The van der Waals surface area contributed by atoms with Crippen LogP contribution in [0.3, 0.4) is 0 Å². The van der Waals surface area contributed by atoms with Gasteiger partial charge in [0.2, 0.25) is 22.2 Å². The fourth-order valence-corrected chi connectivity index (χ4v) is 7.31. The molecule has 0 saturated heterocycles. The van der Waals surface area contributed by atoms with Crippen molar-refractivity contribution in [2.45, 2.75) is 57.9 Å². The minimum absolute atomic E-state index is 0.0404. The highest BCUT2D eigenvalue weighted by Gasteiger charge is 2.43. The highest BCUT2D eigenvalue weighted by molar-refractivity contribution is 7.85. The molecule has 0 saturated carbocycles. The van der Waals surface area contributed by atoms with Crippen LogP contribution >= 0.6 is 23.2 Å². The first-order chi connectivity index (χ1) is 21.7. The molecule has 2 aromatic carbocycles. The van der Waals surface area contributed by atoms with E-state index in [-0.39, 0.29) is 27.2 Å². The Balaban J connectivity index is 1.30. The summed E-state index contributed by atoms with van der Waals surface area (Å²) >= 11 is 11.8. The maximum Gasteiger partial charge on any atom is 0.264 e. The van der Waals surface area contributed by atoms with E-state index >= 15 is 0 Å². The number of fused-ring (bicyclic) bond motifs is 2. The van der Waals surface area contributed by atoms with Crippen molar-refractivity contribution in [3.8, 4) is 0 Å². The predicted octanol–water partition coefficient (Wildman–Crippen LogP) is 7.26. The van der Waals surface area contributed by atoms with Crippen LogP contribution in [0.25, 0.3) is 0 Å². The predicted molar refractivity (Wildman–Crippen MR) is 186 cm³/mol. The second-order valence-electron chi connectivity index (χ2n) is 12.6. The number of nitrogens with zero attached hydrogens (tertiary/aromatic N) is 5. The van der Waals surface area contributed by atoms with E-state index in [0.717, 1.165) is 22.6 Å². The van der Waals surface area contributed by atoms with Crippen LogP contribution in [0, 0.1) is 0 Å². The number of allylic oxidation sites excluding steroid dienone is 6. The summed E-state index contributed by atoms with van der Waals surface area (Å²) in [5.74, 6) is 0.0935. The normalized spacial score (nSPS) is 17.8. The summed E-state index contributed by atoms with van der Waals surface area (Å²) in [6.45, 7) is 10.0. The Morgan fingerprint density at radius 3 is 2.37 bits per heavy atom. The van der Waals surface area contributed by atoms with Crippen LogP contribution in [0.2, 0.25) is 10.6 Å². The third kappa shape index (κ3) is 7.20. The summed E-state index contributed by atoms with van der Waals surface area (Å²) < 4.78 is 33.8. The number of aromatic nitrogens is 3. The third-order valence-electron chi connectivity index (χ3n) is 8.69. The molecule has 0 aliphatic carbocycles. The van der Waals surface area contributed by atoms with Gasteiger partial charge in [-0.25, -0.2) is 0 Å². The molecular formula is C34H39Cl2N6O3S+. The minimum Gasteiger partial charge on any atom is -0.350 e. The number of rotatable bonds is 11. The maximum absolute atomic E-state index is 11.2. The summed E-state index contributed by atoms with van der Waals surface area (Å²) in [6, 6.07) is 14.7. The number of anilines is 2. The van der Waals surface area contributed by atoms with Gasteiger partial charge < -0.3 is 10.2 Å². The van der Waals surface area contributed by atoms with Crippen molar-refractivity contribution in [1.82, 2.24) is 15.0 Å². The monoisotopic (exact) mass is 681 g/mol. The van der Waals surface area contributed by atoms with Gasteiger partial charge in [0.05, 0.1) is 11.2 Å². The lowest BCUT2D eigenvalue weighted by atomic mass is 9.81. The summed E-state index contributed by atoms with van der Waals surface area (Å²) in [7, 11) is -1.88. The molecule has 0 unspecified atom stereocenters. The van der Waals surface area contributed by atoms with E-state index in [1.807, 2.05) is 12.1 Å². The molecule has 3 heterocycles. The smallest absolute Gasteiger partial charge is 0.264 e. The number of hydrogen-bond acceptors (Lipinski definition) is 7. The summed E-state index contributed by atoms with van der Waals surface area (Å²) in [5, 5.41) is 3.25. The Bertz CT molecular complexity index is 1860. The molecule has 2 aliphatic rings. The van der Waals surface area contributed by atoms with Gasteiger partial charge in [-0.3, -0.25) is 4.55 Å². The van der Waals surface area contributed by atoms with Crippen molar-refractivity contribution in [3.05, 3.63) is 106 Å². The third-order valence-corrected chi connectivity index (χ3v) is 9.84. The molecule has 2 aliphatic heterocycles. The fourth-order valence-electron chi connectivity index (χ4n) is 6.37. The van der Waals surface area contributed by atoms with Crippen molar-refractivity contribution >= 4 is 56.4 Å². The molecule has 12 heteroatoms. The molecule has 9 nitrogen and oxygen atoms in total. The number of unbranched alkanes of at least 4 members (excludes halogenated alkanes) is 1. The van der Waals surface area contributed by atoms with Gasteiger partial charge in [0, 0.05) is 47.6 Å². The molecule has 0 bridgehead atoms. The van der Waals surface area contributed by atoms with Gasteiger partial charge in [-0.2, -0.15) is 27.9 Å². The van der Waals surface area contributed by atoms with Crippen molar-refractivity contribution in [3.63, 3.8) is 0 Å². The SMILES string of the molecule is C[N+]1=C(/C=C/C=C/C=C2/N(CCCCS(=O)(=O)O)c3ccccc3C2(C)C)C(C)(C)c2cc(CNc3nc(Cl)nc(Cl)n3)ccc21. The summed E-state index contributed by atoms with van der Waals surface area (Å²) in [6.07, 6.45) is 11.5. The first-order valence-electron chi connectivity index (χ1n) is 15.1. The summed E-state index contributed by atoms with van der Waals surface area (Å²) in [5.41, 5.74) is 7.70. The van der Waals surface area contributed by atoms with Crippen molar-refractivity contribution in [2.75, 3.05) is 29.6 Å². The molecule has 0 radical (unpaired) electrons. The number of halogens is 2. The summed E-state index contributed by atoms with van der Waals surface area (Å²) in [4.78, 5) is 14.2. The Kier molecular flexibility index (Phi) is 9.75. The van der Waals surface area contributed by atoms with Crippen LogP contribution in [-0.2, 0) is 27.5 Å². The Morgan fingerprint density at radius 1 is 0.935 bits per heavy atom. The zero-order chi connectivity index (χ0) is 33.3. The highest BCUT2D eigenvalue weighted by atomic mass is 35.5. The molecule has 0 amide bonds. The molecule has 46 heavy (non-hydrogen) atoms. The molecule has 5 rings (SSSR count). The molecular weight excluding hydrogens is 643 g/mol. The molecule has 0 atom stereocenters. The van der Waals surface area contributed by atoms with E-state index in [1.54, 1.807) is 0 Å². The maximum atomic E-state index is 11.2. The first-order valence-corrected chi connectivity index (χ1v) is 17.5. The largest absolute Gasteiger partial charge is 0.350 e. The lowest BCUT2D eigenvalue weighted by Gasteiger charge is -2.27. The standard InChI is InChI=1S/C34H38Cl2N6O3S/c1-33(2)24-13-9-10-14-27(24)42(19-11-12-20-46(43,44)45)29(33)16-8-6-7-15-28-34(3,4)25-21-23(17-18-26(25)41(28)5)22-37-32-39-30(35)38-31(36)40-32/h6-10,13-18,21H,11-12,19-20,22H2,1-5H3,(H-,37,38,39,40,43,44,45)/p+1. The minimum atomic E-state index is -3.97. The van der Waals surface area contributed by atoms with E-state index < -0.39 is 10.1 Å². The second kappa shape index (κ2) is 13.3. The zero-order valence-corrected chi connectivity index (χ0v) is 29.0. The van der Waals surface area contributed by atoms with Crippen LogP contribution in [0.1, 0.15) is 57.2 Å². The first kappa shape index (κ1) is 33.8. The molecule has 3 aromatic rings.